The van der Waals surface area contributed by atoms with E-state index in [1.165, 1.54) is 0 Å². The molecule has 0 radical (unpaired) electrons. The zero-order chi connectivity index (χ0) is 11.8. The topological polar surface area (TPSA) is 64.0 Å². The second-order valence-electron chi connectivity index (χ2n) is 4.11. The molecule has 1 aliphatic rings. The number of amides is 2. The number of nitrogens with zero attached hydrogens (tertiary/aromatic N) is 2. The van der Waals surface area contributed by atoms with Gasteiger partial charge in [-0.15, -0.1) is 0 Å². The standard InChI is InChI=1S/C12H11N3O2/c16-11-6-5-10(12(17)14-11)15-9-4-2-1-3-8(9)7-13-15/h1-4,7,10H,5-6H2,(H,14,16,17). The van der Waals surface area contributed by atoms with Crippen molar-refractivity contribution in [3.63, 3.8) is 0 Å². The van der Waals surface area contributed by atoms with Gasteiger partial charge in [0.05, 0.1) is 11.7 Å². The molecule has 2 amide bonds. The Labute approximate surface area is 97.4 Å². The summed E-state index contributed by atoms with van der Waals surface area (Å²) in [6.07, 6.45) is 2.61. The van der Waals surface area contributed by atoms with Crippen LogP contribution >= 0.6 is 0 Å². The van der Waals surface area contributed by atoms with E-state index in [0.717, 1.165) is 10.9 Å². The van der Waals surface area contributed by atoms with Gasteiger partial charge in [0.15, 0.2) is 0 Å². The molecule has 1 aromatic heterocycles. The van der Waals surface area contributed by atoms with Crippen LogP contribution in [-0.2, 0) is 9.59 Å². The third kappa shape index (κ3) is 1.60. The maximum absolute atomic E-state index is 11.8. The normalized spacial score (nSPS) is 20.6. The van der Waals surface area contributed by atoms with Crippen molar-refractivity contribution in [1.82, 2.24) is 15.1 Å². The molecule has 0 aliphatic carbocycles. The molecule has 1 fully saturated rings. The Balaban J connectivity index is 2.04. The number of piperidine rings is 1. The lowest BCUT2D eigenvalue weighted by Crippen LogP contribution is -2.41. The Morgan fingerprint density at radius 2 is 2.12 bits per heavy atom. The maximum atomic E-state index is 11.8. The predicted octanol–water partition coefficient (Wildman–Crippen LogP) is 1.01. The lowest BCUT2D eigenvalue weighted by molar-refractivity contribution is -0.135. The minimum absolute atomic E-state index is 0.206. The molecule has 1 aromatic carbocycles. The summed E-state index contributed by atoms with van der Waals surface area (Å²) < 4.78 is 1.69. The minimum atomic E-state index is -0.382. The van der Waals surface area contributed by atoms with E-state index in [2.05, 4.69) is 10.4 Å². The summed E-state index contributed by atoms with van der Waals surface area (Å²) in [6.45, 7) is 0. The van der Waals surface area contributed by atoms with E-state index in [4.69, 9.17) is 0 Å². The Morgan fingerprint density at radius 3 is 2.94 bits per heavy atom. The molecule has 3 rings (SSSR count). The molecule has 5 nitrogen and oxygen atoms in total. The van der Waals surface area contributed by atoms with Crippen LogP contribution in [0.5, 0.6) is 0 Å². The second-order valence-corrected chi connectivity index (χ2v) is 4.11. The second kappa shape index (κ2) is 3.69. The fraction of sp³-hybridized carbons (Fsp3) is 0.250. The number of hydrogen-bond acceptors (Lipinski definition) is 3. The maximum Gasteiger partial charge on any atom is 0.251 e. The monoisotopic (exact) mass is 229 g/mol. The first-order valence-corrected chi connectivity index (χ1v) is 5.51. The molecule has 1 N–H and O–H groups in total. The molecule has 86 valence electrons. The minimum Gasteiger partial charge on any atom is -0.295 e. The first-order valence-electron chi connectivity index (χ1n) is 5.51. The molecule has 0 spiro atoms. The molecule has 5 heteroatoms. The molecular formula is C12H11N3O2. The summed E-state index contributed by atoms with van der Waals surface area (Å²) in [5, 5.41) is 7.58. The lowest BCUT2D eigenvalue weighted by Gasteiger charge is -2.21. The van der Waals surface area contributed by atoms with E-state index >= 15 is 0 Å². The van der Waals surface area contributed by atoms with Crippen LogP contribution in [0.3, 0.4) is 0 Å². The molecule has 17 heavy (non-hydrogen) atoms. The van der Waals surface area contributed by atoms with Crippen LogP contribution in [0.2, 0.25) is 0 Å². The molecule has 0 saturated carbocycles. The van der Waals surface area contributed by atoms with Gasteiger partial charge in [0, 0.05) is 11.8 Å². The number of rotatable bonds is 1. The smallest absolute Gasteiger partial charge is 0.251 e. The van der Waals surface area contributed by atoms with Gasteiger partial charge in [-0.3, -0.25) is 19.6 Å². The van der Waals surface area contributed by atoms with Crippen LogP contribution in [0, 0.1) is 0 Å². The van der Waals surface area contributed by atoms with Gasteiger partial charge < -0.3 is 0 Å². The first kappa shape index (κ1) is 10.0. The Kier molecular flexibility index (Phi) is 2.18. The van der Waals surface area contributed by atoms with Gasteiger partial charge in [-0.05, 0) is 12.5 Å². The van der Waals surface area contributed by atoms with Crippen molar-refractivity contribution in [1.29, 1.82) is 0 Å². The van der Waals surface area contributed by atoms with Crippen LogP contribution in [0.4, 0.5) is 0 Å². The van der Waals surface area contributed by atoms with Crippen molar-refractivity contribution in [3.8, 4) is 0 Å². The van der Waals surface area contributed by atoms with E-state index in [0.29, 0.717) is 12.8 Å². The van der Waals surface area contributed by atoms with E-state index in [9.17, 15) is 9.59 Å². The van der Waals surface area contributed by atoms with Crippen molar-refractivity contribution in [2.75, 3.05) is 0 Å². The molecule has 1 unspecified atom stereocenters. The molecule has 1 aliphatic heterocycles. The van der Waals surface area contributed by atoms with Crippen LogP contribution < -0.4 is 5.32 Å². The van der Waals surface area contributed by atoms with Crippen LogP contribution in [0.15, 0.2) is 30.5 Å². The number of imide groups is 1. The van der Waals surface area contributed by atoms with E-state index < -0.39 is 0 Å². The molecule has 1 saturated heterocycles. The van der Waals surface area contributed by atoms with Gasteiger partial charge in [-0.2, -0.15) is 5.10 Å². The van der Waals surface area contributed by atoms with E-state index in [-0.39, 0.29) is 17.9 Å². The van der Waals surface area contributed by atoms with Crippen LogP contribution in [-0.4, -0.2) is 21.6 Å². The fourth-order valence-corrected chi connectivity index (χ4v) is 2.16. The number of hydrogen-bond donors (Lipinski definition) is 1. The number of carbonyl (C=O) groups excluding carboxylic acids is 2. The predicted molar refractivity (Wildman–Crippen MR) is 61.2 cm³/mol. The number of nitrogens with one attached hydrogen (secondary N) is 1. The van der Waals surface area contributed by atoms with Crippen molar-refractivity contribution < 1.29 is 9.59 Å². The third-order valence-electron chi connectivity index (χ3n) is 3.01. The zero-order valence-corrected chi connectivity index (χ0v) is 9.09. The van der Waals surface area contributed by atoms with E-state index in [1.54, 1.807) is 10.9 Å². The Bertz CT molecular complexity index is 603. The number of benzene rings is 1. The van der Waals surface area contributed by atoms with Gasteiger partial charge in [0.1, 0.15) is 6.04 Å². The number of aromatic nitrogens is 2. The van der Waals surface area contributed by atoms with Gasteiger partial charge in [0.2, 0.25) is 5.91 Å². The average Bonchev–Trinajstić information content (AvgIpc) is 2.73. The SMILES string of the molecule is O=C1CCC(n2ncc3ccccc32)C(=O)N1. The van der Waals surface area contributed by atoms with E-state index in [1.807, 2.05) is 24.3 Å². The molecule has 0 bridgehead atoms. The first-order chi connectivity index (χ1) is 8.25. The highest BCUT2D eigenvalue weighted by Gasteiger charge is 2.29. The summed E-state index contributed by atoms with van der Waals surface area (Å²) in [4.78, 5) is 22.8. The zero-order valence-electron chi connectivity index (χ0n) is 9.09. The van der Waals surface area contributed by atoms with Crippen LogP contribution in [0.1, 0.15) is 18.9 Å². The average molecular weight is 229 g/mol. The lowest BCUT2D eigenvalue weighted by atomic mass is 10.1. The molecule has 2 aromatic rings. The highest BCUT2D eigenvalue weighted by Crippen LogP contribution is 2.23. The van der Waals surface area contributed by atoms with Gasteiger partial charge in [0.25, 0.3) is 5.91 Å². The number of para-hydroxylation sites is 1. The summed E-state index contributed by atoms with van der Waals surface area (Å²) in [6, 6.07) is 7.33. The Morgan fingerprint density at radius 1 is 1.29 bits per heavy atom. The van der Waals surface area contributed by atoms with Crippen molar-refractivity contribution in [2.45, 2.75) is 18.9 Å². The van der Waals surface area contributed by atoms with Gasteiger partial charge >= 0.3 is 0 Å². The van der Waals surface area contributed by atoms with Crippen molar-refractivity contribution in [2.24, 2.45) is 0 Å². The summed E-state index contributed by atoms with van der Waals surface area (Å²) in [5.41, 5.74) is 0.919. The summed E-state index contributed by atoms with van der Waals surface area (Å²) in [5.74, 6) is -0.474. The van der Waals surface area contributed by atoms with Gasteiger partial charge in [-0.25, -0.2) is 0 Å². The Hall–Kier alpha value is -2.17. The van der Waals surface area contributed by atoms with Crippen molar-refractivity contribution in [3.05, 3.63) is 30.5 Å². The summed E-state index contributed by atoms with van der Waals surface area (Å²) in [7, 11) is 0. The highest BCUT2D eigenvalue weighted by molar-refractivity contribution is 6.00. The highest BCUT2D eigenvalue weighted by atomic mass is 16.2. The number of fused-ring (bicyclic) bond motifs is 1. The largest absolute Gasteiger partial charge is 0.295 e. The fourth-order valence-electron chi connectivity index (χ4n) is 2.16. The molecule has 2 heterocycles. The molecule has 1 atom stereocenters. The number of carbonyl (C=O) groups is 2. The third-order valence-corrected chi connectivity index (χ3v) is 3.01. The quantitative estimate of drug-likeness (QED) is 0.742. The van der Waals surface area contributed by atoms with Gasteiger partial charge in [-0.1, -0.05) is 18.2 Å². The van der Waals surface area contributed by atoms with Crippen LogP contribution in [0.25, 0.3) is 10.9 Å². The molecular weight excluding hydrogens is 218 g/mol. The summed E-state index contributed by atoms with van der Waals surface area (Å²) >= 11 is 0. The van der Waals surface area contributed by atoms with Crippen molar-refractivity contribution >= 4 is 22.7 Å².